The summed E-state index contributed by atoms with van der Waals surface area (Å²) < 4.78 is 59.7. The van der Waals surface area contributed by atoms with Crippen molar-refractivity contribution in [2.45, 2.75) is 18.0 Å². The van der Waals surface area contributed by atoms with Gasteiger partial charge in [-0.3, -0.25) is 10.1 Å². The summed E-state index contributed by atoms with van der Waals surface area (Å²) in [5.74, 6) is 0. The van der Waals surface area contributed by atoms with Crippen LogP contribution in [0.5, 0.6) is 0 Å². The Balaban J connectivity index is 3.71. The number of aryl methyl sites for hydroxylation is 1. The van der Waals surface area contributed by atoms with E-state index in [0.29, 0.717) is 12.1 Å². The van der Waals surface area contributed by atoms with E-state index in [2.05, 4.69) is 0 Å². The van der Waals surface area contributed by atoms with Crippen LogP contribution >= 0.6 is 10.7 Å². The first kappa shape index (κ1) is 14.7. The highest BCUT2D eigenvalue weighted by Crippen LogP contribution is 2.39. The second kappa shape index (κ2) is 4.39. The van der Waals surface area contributed by atoms with Gasteiger partial charge in [-0.2, -0.15) is 13.2 Å². The smallest absolute Gasteiger partial charge is 0.258 e. The second-order valence-corrected chi connectivity index (χ2v) is 5.86. The number of hydrogen-bond acceptors (Lipinski definition) is 4. The Morgan fingerprint density at radius 2 is 1.83 bits per heavy atom. The molecule has 0 saturated carbocycles. The third kappa shape index (κ3) is 2.91. The van der Waals surface area contributed by atoms with Crippen molar-refractivity contribution in [1.29, 1.82) is 0 Å². The summed E-state index contributed by atoms with van der Waals surface area (Å²) in [7, 11) is 0.624. The maximum atomic E-state index is 12.5. The topological polar surface area (TPSA) is 77.3 Å². The molecule has 10 heteroatoms. The van der Waals surface area contributed by atoms with Gasteiger partial charge in [0, 0.05) is 16.7 Å². The van der Waals surface area contributed by atoms with Gasteiger partial charge in [-0.1, -0.05) is 0 Å². The van der Waals surface area contributed by atoms with Gasteiger partial charge in [0.05, 0.1) is 9.82 Å². The van der Waals surface area contributed by atoms with Crippen molar-refractivity contribution in [3.05, 3.63) is 33.4 Å². The van der Waals surface area contributed by atoms with E-state index >= 15 is 0 Å². The van der Waals surface area contributed by atoms with E-state index in [9.17, 15) is 31.7 Å². The molecule has 18 heavy (non-hydrogen) atoms. The Labute approximate surface area is 104 Å². The van der Waals surface area contributed by atoms with Crippen molar-refractivity contribution < 1.29 is 26.5 Å². The fourth-order valence-corrected chi connectivity index (χ4v) is 2.51. The Bertz CT molecular complexity index is 612. The summed E-state index contributed by atoms with van der Waals surface area (Å²) in [5, 5.41) is 10.5. The number of nitro benzene ring substituents is 1. The van der Waals surface area contributed by atoms with Crippen LogP contribution in [0, 0.1) is 17.0 Å². The SMILES string of the molecule is Cc1cc(C(F)(F)F)c([N+](=O)[O-])cc1S(=O)(=O)Cl. The molecule has 0 amide bonds. The lowest BCUT2D eigenvalue weighted by molar-refractivity contribution is -0.388. The first-order valence-corrected chi connectivity index (χ1v) is 6.56. The van der Waals surface area contributed by atoms with Crippen LogP contribution < -0.4 is 0 Å². The van der Waals surface area contributed by atoms with E-state index in [1.165, 1.54) is 0 Å². The number of nitrogens with zero attached hydrogens (tertiary/aromatic N) is 1. The summed E-state index contributed by atoms with van der Waals surface area (Å²) in [6.45, 7) is 1.06. The molecular formula is C8H5ClF3NO4S. The van der Waals surface area contributed by atoms with Gasteiger partial charge in [0.25, 0.3) is 14.7 Å². The zero-order valence-electron chi connectivity index (χ0n) is 8.66. The average Bonchev–Trinajstić information content (AvgIpc) is 2.13. The third-order valence-corrected chi connectivity index (χ3v) is 3.52. The van der Waals surface area contributed by atoms with Crippen LogP contribution in [0.25, 0.3) is 0 Å². The Kier molecular flexibility index (Phi) is 3.59. The molecule has 0 spiro atoms. The predicted octanol–water partition coefficient (Wildman–Crippen LogP) is 2.85. The van der Waals surface area contributed by atoms with Crippen molar-refractivity contribution in [2.75, 3.05) is 0 Å². The lowest BCUT2D eigenvalue weighted by atomic mass is 10.1. The fraction of sp³-hybridized carbons (Fsp3) is 0.250. The first-order chi connectivity index (χ1) is 7.94. The molecule has 0 bridgehead atoms. The number of alkyl halides is 3. The minimum atomic E-state index is -4.96. The van der Waals surface area contributed by atoms with Gasteiger partial charge in [0.2, 0.25) is 0 Å². The van der Waals surface area contributed by atoms with E-state index < -0.39 is 36.3 Å². The molecule has 0 N–H and O–H groups in total. The molecule has 1 rings (SSSR count). The number of hydrogen-bond donors (Lipinski definition) is 0. The van der Waals surface area contributed by atoms with Crippen LogP contribution in [0.15, 0.2) is 17.0 Å². The molecular weight excluding hydrogens is 299 g/mol. The molecule has 0 aliphatic carbocycles. The van der Waals surface area contributed by atoms with Crippen molar-refractivity contribution in [1.82, 2.24) is 0 Å². The van der Waals surface area contributed by atoms with Crippen LogP contribution in [0.4, 0.5) is 18.9 Å². The molecule has 0 heterocycles. The van der Waals surface area contributed by atoms with Crippen molar-refractivity contribution >= 4 is 25.4 Å². The minimum absolute atomic E-state index is 0.306. The van der Waals surface area contributed by atoms with E-state index in [1.807, 2.05) is 0 Å². The number of rotatable bonds is 2. The molecule has 100 valence electrons. The van der Waals surface area contributed by atoms with Crippen LogP contribution in [-0.2, 0) is 15.2 Å². The molecule has 0 radical (unpaired) electrons. The molecule has 0 aliphatic heterocycles. The largest absolute Gasteiger partial charge is 0.423 e. The summed E-state index contributed by atoms with van der Waals surface area (Å²) in [6.07, 6.45) is -4.96. The van der Waals surface area contributed by atoms with E-state index in [4.69, 9.17) is 10.7 Å². The van der Waals surface area contributed by atoms with E-state index in [-0.39, 0.29) is 5.56 Å². The van der Waals surface area contributed by atoms with E-state index in [1.54, 1.807) is 0 Å². The van der Waals surface area contributed by atoms with Crippen molar-refractivity contribution in [3.8, 4) is 0 Å². The molecule has 0 unspecified atom stereocenters. The lowest BCUT2D eigenvalue weighted by Gasteiger charge is -2.10. The summed E-state index contributed by atoms with van der Waals surface area (Å²) >= 11 is 0. The van der Waals surface area contributed by atoms with Crippen molar-refractivity contribution in [2.24, 2.45) is 0 Å². The van der Waals surface area contributed by atoms with Gasteiger partial charge >= 0.3 is 6.18 Å². The summed E-state index contributed by atoms with van der Waals surface area (Å²) in [5.41, 5.74) is -3.19. The van der Waals surface area contributed by atoms with Gasteiger partial charge < -0.3 is 0 Å². The molecule has 1 aromatic carbocycles. The molecule has 0 atom stereocenters. The number of benzene rings is 1. The standard InChI is InChI=1S/C8H5ClF3NO4S/c1-4-2-5(8(10,11)12)6(13(14)15)3-7(4)18(9,16)17/h2-3H,1H3. The predicted molar refractivity (Wildman–Crippen MR) is 55.9 cm³/mol. The molecule has 0 fully saturated rings. The lowest BCUT2D eigenvalue weighted by Crippen LogP contribution is -2.11. The first-order valence-electron chi connectivity index (χ1n) is 4.25. The zero-order chi connectivity index (χ0) is 14.3. The zero-order valence-corrected chi connectivity index (χ0v) is 10.2. The molecule has 0 aliphatic rings. The minimum Gasteiger partial charge on any atom is -0.258 e. The Hall–Kier alpha value is -1.35. The fourth-order valence-electron chi connectivity index (χ4n) is 1.32. The van der Waals surface area contributed by atoms with Crippen molar-refractivity contribution in [3.63, 3.8) is 0 Å². The molecule has 1 aromatic rings. The Morgan fingerprint density at radius 3 is 2.17 bits per heavy atom. The van der Waals surface area contributed by atoms with Gasteiger partial charge in [-0.05, 0) is 18.6 Å². The highest BCUT2D eigenvalue weighted by atomic mass is 35.7. The van der Waals surface area contributed by atoms with Crippen LogP contribution in [-0.4, -0.2) is 13.3 Å². The summed E-state index contributed by atoms with van der Waals surface area (Å²) in [6, 6.07) is 0.688. The maximum absolute atomic E-state index is 12.5. The molecule has 5 nitrogen and oxygen atoms in total. The van der Waals surface area contributed by atoms with Crippen LogP contribution in [0.2, 0.25) is 0 Å². The Morgan fingerprint density at radius 1 is 1.33 bits per heavy atom. The maximum Gasteiger partial charge on any atom is 0.423 e. The quantitative estimate of drug-likeness (QED) is 0.478. The van der Waals surface area contributed by atoms with Gasteiger partial charge in [0.15, 0.2) is 0 Å². The van der Waals surface area contributed by atoms with Gasteiger partial charge in [-0.25, -0.2) is 8.42 Å². The molecule has 0 aromatic heterocycles. The van der Waals surface area contributed by atoms with Crippen LogP contribution in [0.3, 0.4) is 0 Å². The highest BCUT2D eigenvalue weighted by molar-refractivity contribution is 8.13. The third-order valence-electron chi connectivity index (χ3n) is 2.06. The second-order valence-electron chi connectivity index (χ2n) is 3.33. The molecule has 0 saturated heterocycles. The number of nitro groups is 1. The normalized spacial score (nSPS) is 12.5. The summed E-state index contributed by atoms with van der Waals surface area (Å²) in [4.78, 5) is 8.50. The van der Waals surface area contributed by atoms with Gasteiger partial charge in [-0.15, -0.1) is 0 Å². The number of halogens is 4. The highest BCUT2D eigenvalue weighted by Gasteiger charge is 2.39. The average molecular weight is 304 g/mol. The van der Waals surface area contributed by atoms with E-state index in [0.717, 1.165) is 6.92 Å². The monoisotopic (exact) mass is 303 g/mol. The van der Waals surface area contributed by atoms with Gasteiger partial charge in [0.1, 0.15) is 5.56 Å². The van der Waals surface area contributed by atoms with Crippen LogP contribution in [0.1, 0.15) is 11.1 Å².